The molecule has 1 saturated carbocycles. The second-order valence-electron chi connectivity index (χ2n) is 8.66. The monoisotopic (exact) mass is 450 g/mol. The second kappa shape index (κ2) is 8.42. The molecule has 33 heavy (non-hydrogen) atoms. The van der Waals surface area contributed by atoms with Crippen LogP contribution in [0.25, 0.3) is 11.1 Å². The molecule has 2 aromatic carbocycles. The highest BCUT2D eigenvalue weighted by Crippen LogP contribution is 2.52. The molecule has 5 rings (SSSR count). The number of hydrogen-bond acceptors (Lipinski definition) is 5. The first-order valence-corrected chi connectivity index (χ1v) is 11.0. The Morgan fingerprint density at radius 2 is 1.67 bits per heavy atom. The molecule has 0 bridgehead atoms. The van der Waals surface area contributed by atoms with E-state index < -0.39 is 17.5 Å². The zero-order valence-corrected chi connectivity index (χ0v) is 18.2. The number of hydrogen-bond donors (Lipinski definition) is 1. The number of nitrogens with zero attached hydrogens (tertiary/aromatic N) is 3. The maximum Gasteiger partial charge on any atom is 0.248 e. The van der Waals surface area contributed by atoms with Crippen LogP contribution >= 0.6 is 0 Å². The number of carbonyl (C=O) groups excluding carboxylic acids is 1. The van der Waals surface area contributed by atoms with E-state index in [1.807, 2.05) is 12.4 Å². The molecule has 0 radical (unpaired) electrons. The number of carbonyl (C=O) groups is 1. The molecule has 1 aliphatic heterocycles. The fraction of sp³-hybridized carbons (Fsp3) is 0.320. The van der Waals surface area contributed by atoms with Crippen molar-refractivity contribution < 1.29 is 18.3 Å². The predicted octanol–water partition coefficient (Wildman–Crippen LogP) is 3.84. The summed E-state index contributed by atoms with van der Waals surface area (Å²) in [5.41, 5.74) is 7.61. The lowest BCUT2D eigenvalue weighted by Crippen LogP contribution is -2.27. The van der Waals surface area contributed by atoms with Gasteiger partial charge in [0.2, 0.25) is 11.9 Å². The number of nitrogens with two attached hydrogens (primary N) is 1. The van der Waals surface area contributed by atoms with E-state index in [1.54, 1.807) is 12.1 Å². The molecule has 6 nitrogen and oxygen atoms in total. The first kappa shape index (κ1) is 21.3. The summed E-state index contributed by atoms with van der Waals surface area (Å²) in [6.07, 6.45) is 4.61. The van der Waals surface area contributed by atoms with Crippen molar-refractivity contribution in [2.75, 3.05) is 24.6 Å². The summed E-state index contributed by atoms with van der Waals surface area (Å²) in [7, 11) is 0. The quantitative estimate of drug-likeness (QED) is 0.592. The lowest BCUT2D eigenvalue weighted by Gasteiger charge is -2.20. The van der Waals surface area contributed by atoms with Crippen molar-refractivity contribution in [3.63, 3.8) is 0 Å². The van der Waals surface area contributed by atoms with Gasteiger partial charge in [-0.2, -0.15) is 0 Å². The number of amides is 1. The number of halogens is 2. The Balaban J connectivity index is 1.19. The van der Waals surface area contributed by atoms with Gasteiger partial charge in [0.1, 0.15) is 0 Å². The number of fused-ring (bicyclic) bond motifs is 1. The summed E-state index contributed by atoms with van der Waals surface area (Å²) in [6.45, 7) is 4.00. The molecular weight excluding hydrogens is 426 g/mol. The summed E-state index contributed by atoms with van der Waals surface area (Å²) < 4.78 is 34.9. The molecule has 2 aliphatic rings. The lowest BCUT2D eigenvalue weighted by molar-refractivity contribution is 0.100. The lowest BCUT2D eigenvalue weighted by atomic mass is 10.0. The van der Waals surface area contributed by atoms with Crippen molar-refractivity contribution in [1.29, 1.82) is 0 Å². The Morgan fingerprint density at radius 1 is 1.06 bits per heavy atom. The second-order valence-corrected chi connectivity index (χ2v) is 8.66. The summed E-state index contributed by atoms with van der Waals surface area (Å²) in [6, 6.07) is 8.73. The van der Waals surface area contributed by atoms with E-state index in [1.165, 1.54) is 24.3 Å². The van der Waals surface area contributed by atoms with E-state index >= 15 is 0 Å². The normalized spacial score (nSPS) is 21.1. The average Bonchev–Trinajstić information content (AvgIpc) is 3.26. The van der Waals surface area contributed by atoms with Gasteiger partial charge in [-0.3, -0.25) is 4.79 Å². The van der Waals surface area contributed by atoms with Crippen molar-refractivity contribution in [1.82, 2.24) is 9.97 Å². The smallest absolute Gasteiger partial charge is 0.248 e. The average molecular weight is 450 g/mol. The van der Waals surface area contributed by atoms with E-state index in [-0.39, 0.29) is 18.3 Å². The SMILES string of the molecule is CCc1cnc(N2CC3[C@@H](COc4c(F)cc(-c5ccc(C(N)=O)cc5)cc4F)[C@@H]3C2)nc1. The molecule has 3 atom stereocenters. The highest BCUT2D eigenvalue weighted by Gasteiger charge is 2.56. The fourth-order valence-corrected chi connectivity index (χ4v) is 4.62. The van der Waals surface area contributed by atoms with E-state index in [9.17, 15) is 13.6 Å². The number of anilines is 1. The van der Waals surface area contributed by atoms with Gasteiger partial charge in [0, 0.05) is 37.0 Å². The van der Waals surface area contributed by atoms with Gasteiger partial charge in [0.15, 0.2) is 17.4 Å². The number of piperidine rings is 1. The highest BCUT2D eigenvalue weighted by molar-refractivity contribution is 5.93. The summed E-state index contributed by atoms with van der Waals surface area (Å²) in [5, 5.41) is 0. The van der Waals surface area contributed by atoms with Crippen molar-refractivity contribution in [3.8, 4) is 16.9 Å². The molecule has 1 aromatic heterocycles. The Labute approximate surface area is 190 Å². The van der Waals surface area contributed by atoms with Gasteiger partial charge in [-0.25, -0.2) is 18.7 Å². The van der Waals surface area contributed by atoms with Gasteiger partial charge in [-0.15, -0.1) is 0 Å². The van der Waals surface area contributed by atoms with Crippen LogP contribution in [-0.4, -0.2) is 35.6 Å². The standard InChI is InChI=1S/C25H24F2N4O2/c1-2-14-9-29-25(30-10-14)31-11-18-19(12-31)20(18)13-33-23-21(26)7-17(8-22(23)27)15-3-5-16(6-4-15)24(28)32/h3-10,18-20H,2,11-13H2,1H3,(H2,28,32)/t18-,19?,20+/m1/s1. The van der Waals surface area contributed by atoms with Crippen molar-refractivity contribution in [2.24, 2.45) is 23.5 Å². The predicted molar refractivity (Wildman–Crippen MR) is 120 cm³/mol. The van der Waals surface area contributed by atoms with Crippen LogP contribution in [0.2, 0.25) is 0 Å². The van der Waals surface area contributed by atoms with Crippen molar-refractivity contribution in [3.05, 3.63) is 71.6 Å². The van der Waals surface area contributed by atoms with Crippen molar-refractivity contribution >= 4 is 11.9 Å². The molecule has 1 aliphatic carbocycles. The first-order chi connectivity index (χ1) is 15.9. The first-order valence-electron chi connectivity index (χ1n) is 11.0. The van der Waals surface area contributed by atoms with Gasteiger partial charge in [-0.1, -0.05) is 19.1 Å². The minimum absolute atomic E-state index is 0.274. The molecule has 2 heterocycles. The molecular formula is C25H24F2N4O2. The van der Waals surface area contributed by atoms with E-state index in [0.29, 0.717) is 28.5 Å². The molecule has 2 fully saturated rings. The number of benzene rings is 2. The van der Waals surface area contributed by atoms with Gasteiger partial charge < -0.3 is 15.4 Å². The number of aryl methyl sites for hydroxylation is 1. The van der Waals surface area contributed by atoms with Gasteiger partial charge in [-0.05, 0) is 59.2 Å². The van der Waals surface area contributed by atoms with Crippen LogP contribution in [0.15, 0.2) is 48.8 Å². The van der Waals surface area contributed by atoms with E-state index in [0.717, 1.165) is 31.0 Å². The van der Waals surface area contributed by atoms with Crippen LogP contribution in [-0.2, 0) is 6.42 Å². The number of aromatic nitrogens is 2. The third-order valence-corrected chi connectivity index (χ3v) is 6.68. The maximum absolute atomic E-state index is 14.6. The minimum atomic E-state index is -0.749. The van der Waals surface area contributed by atoms with Crippen LogP contribution < -0.4 is 15.4 Å². The number of rotatable bonds is 7. The summed E-state index contributed by atoms with van der Waals surface area (Å²) in [5.74, 6) is -0.555. The molecule has 0 spiro atoms. The number of ether oxygens (including phenoxy) is 1. The van der Waals surface area contributed by atoms with Crippen LogP contribution in [0.4, 0.5) is 14.7 Å². The van der Waals surface area contributed by atoms with Gasteiger partial charge >= 0.3 is 0 Å². The molecule has 2 N–H and O–H groups in total. The van der Waals surface area contributed by atoms with Crippen LogP contribution in [0, 0.1) is 29.4 Å². The molecule has 8 heteroatoms. The zero-order chi connectivity index (χ0) is 23.1. The summed E-state index contributed by atoms with van der Waals surface area (Å²) in [4.78, 5) is 22.2. The molecule has 1 unspecified atom stereocenters. The Hall–Kier alpha value is -3.55. The van der Waals surface area contributed by atoms with E-state index in [2.05, 4.69) is 21.8 Å². The Morgan fingerprint density at radius 3 is 2.21 bits per heavy atom. The van der Waals surface area contributed by atoms with Crippen LogP contribution in [0.5, 0.6) is 5.75 Å². The minimum Gasteiger partial charge on any atom is -0.487 e. The third kappa shape index (κ3) is 4.13. The molecule has 3 aromatic rings. The van der Waals surface area contributed by atoms with Gasteiger partial charge in [0.25, 0.3) is 0 Å². The van der Waals surface area contributed by atoms with Crippen LogP contribution in [0.3, 0.4) is 0 Å². The van der Waals surface area contributed by atoms with Crippen molar-refractivity contribution in [2.45, 2.75) is 13.3 Å². The highest BCUT2D eigenvalue weighted by atomic mass is 19.1. The summed E-state index contributed by atoms with van der Waals surface area (Å²) >= 11 is 0. The Bertz CT molecular complexity index is 1150. The molecule has 1 amide bonds. The maximum atomic E-state index is 14.6. The fourth-order valence-electron chi connectivity index (χ4n) is 4.62. The molecule has 1 saturated heterocycles. The van der Waals surface area contributed by atoms with Crippen LogP contribution in [0.1, 0.15) is 22.8 Å². The Kier molecular flexibility index (Phi) is 5.44. The topological polar surface area (TPSA) is 81.3 Å². The van der Waals surface area contributed by atoms with E-state index in [4.69, 9.17) is 10.5 Å². The third-order valence-electron chi connectivity index (χ3n) is 6.68. The molecule has 170 valence electrons. The largest absolute Gasteiger partial charge is 0.487 e. The van der Waals surface area contributed by atoms with Gasteiger partial charge in [0.05, 0.1) is 6.61 Å². The zero-order valence-electron chi connectivity index (χ0n) is 18.2. The number of primary amides is 1.